The Morgan fingerprint density at radius 1 is 1.00 bits per heavy atom. The number of carbonyl (C=O) groups is 5. The summed E-state index contributed by atoms with van der Waals surface area (Å²) >= 11 is 0. The van der Waals surface area contributed by atoms with Gasteiger partial charge in [-0.1, -0.05) is 38.5 Å². The number of hydrogen-bond donors (Lipinski definition) is 2. The van der Waals surface area contributed by atoms with Crippen molar-refractivity contribution >= 4 is 35.6 Å². The number of piperidine rings is 1. The Hall–Kier alpha value is -3.34. The summed E-state index contributed by atoms with van der Waals surface area (Å²) in [4.78, 5) is 75.9. The third-order valence-corrected chi connectivity index (χ3v) is 13.5. The van der Waals surface area contributed by atoms with Crippen molar-refractivity contribution in [2.24, 2.45) is 34.6 Å². The fourth-order valence-corrected chi connectivity index (χ4v) is 9.89. The first-order chi connectivity index (χ1) is 28.5. The monoisotopic (exact) mass is 844 g/mol. The molecule has 4 heterocycles. The molecule has 4 bridgehead atoms. The van der Waals surface area contributed by atoms with E-state index in [1.165, 1.54) is 27.5 Å². The average Bonchev–Trinajstić information content (AvgIpc) is 3.23. The second-order valence-corrected chi connectivity index (χ2v) is 18.0. The molecular formula is C45H68N2O13. The predicted molar refractivity (Wildman–Crippen MR) is 219 cm³/mol. The smallest absolute Gasteiger partial charge is 0.355 e. The summed E-state index contributed by atoms with van der Waals surface area (Å²) in [5.41, 5.74) is -0.427. The second kappa shape index (κ2) is 20.7. The standard InChI is InChI=1S/C45H68N2O13/c1-26-19-27(2)21-36(55-6)40-37(56-7)23-29(4)45(54,60-40)41(51)42(52)47-18-10-9-16-44(47)43(53)59-39(30(5)34(48)24-35(49)32(20-26)15-17-46-44)28(3)22-31-11-13-33(14-12-31)58-25-38(50)57-8/h17,20,22,27,29-34,36-37,39-40,48,54H,9-16,18-19,21,23-25H2,1-8H3/b26-20+,28-22+,46-17-/t27-,29+,30+,31?,32+,33?,34-,36-,37-,39+,40+,44-,45+/m0/s1. The molecule has 336 valence electrons. The molecule has 15 nitrogen and oxygen atoms in total. The minimum atomic E-state index is -2.57. The normalized spacial score (nSPS) is 40.6. The molecule has 60 heavy (non-hydrogen) atoms. The second-order valence-electron chi connectivity index (χ2n) is 18.0. The van der Waals surface area contributed by atoms with Crippen LogP contribution in [0.5, 0.6) is 0 Å². The van der Waals surface area contributed by atoms with E-state index in [2.05, 4.69) is 0 Å². The average molecular weight is 845 g/mol. The number of amides is 1. The zero-order valence-electron chi connectivity index (χ0n) is 36.8. The van der Waals surface area contributed by atoms with Gasteiger partial charge in [-0.3, -0.25) is 19.4 Å². The van der Waals surface area contributed by atoms with E-state index in [9.17, 15) is 34.2 Å². The van der Waals surface area contributed by atoms with Gasteiger partial charge in [0.1, 0.15) is 24.6 Å². The minimum Gasteiger partial charge on any atom is -0.467 e. The van der Waals surface area contributed by atoms with E-state index < -0.39 is 83.4 Å². The van der Waals surface area contributed by atoms with Crippen LogP contribution in [-0.4, -0.2) is 133 Å². The summed E-state index contributed by atoms with van der Waals surface area (Å²) in [7, 11) is 4.36. The molecule has 0 radical (unpaired) electrons. The maximum atomic E-state index is 15.0. The van der Waals surface area contributed by atoms with Crippen LogP contribution in [0.25, 0.3) is 0 Å². The fraction of sp³-hybridized carbons (Fsp3) is 0.778. The molecule has 2 saturated heterocycles. The highest BCUT2D eigenvalue weighted by Gasteiger charge is 2.59. The van der Waals surface area contributed by atoms with Crippen molar-refractivity contribution < 1.29 is 62.6 Å². The van der Waals surface area contributed by atoms with Gasteiger partial charge in [-0.25, -0.2) is 9.59 Å². The summed E-state index contributed by atoms with van der Waals surface area (Å²) in [5.74, 6) is -8.71. The Morgan fingerprint density at radius 2 is 1.68 bits per heavy atom. The highest BCUT2D eigenvalue weighted by molar-refractivity contribution is 6.39. The highest BCUT2D eigenvalue weighted by atomic mass is 16.7. The first-order valence-electron chi connectivity index (χ1n) is 21.8. The van der Waals surface area contributed by atoms with Crippen molar-refractivity contribution in [3.63, 3.8) is 0 Å². The van der Waals surface area contributed by atoms with E-state index in [0.717, 1.165) is 23.3 Å². The van der Waals surface area contributed by atoms with Crippen LogP contribution in [0.1, 0.15) is 112 Å². The number of rotatable bonds is 7. The van der Waals surface area contributed by atoms with Crippen LogP contribution in [0, 0.1) is 29.6 Å². The molecule has 5 rings (SSSR count). The van der Waals surface area contributed by atoms with Gasteiger partial charge in [-0.15, -0.1) is 0 Å². The van der Waals surface area contributed by atoms with Crippen molar-refractivity contribution in [2.45, 2.75) is 160 Å². The third-order valence-electron chi connectivity index (χ3n) is 13.5. The zero-order chi connectivity index (χ0) is 43.9. The first-order valence-corrected chi connectivity index (χ1v) is 21.8. The number of ether oxygens (including phenoxy) is 6. The molecule has 3 fully saturated rings. The zero-order valence-corrected chi connectivity index (χ0v) is 36.8. The number of hydrogen-bond acceptors (Lipinski definition) is 14. The Morgan fingerprint density at radius 3 is 2.35 bits per heavy atom. The molecule has 0 aromatic carbocycles. The number of aliphatic imine (C=N–C) groups is 1. The van der Waals surface area contributed by atoms with Crippen molar-refractivity contribution in [2.75, 3.05) is 34.5 Å². The topological polar surface area (TPSA) is 197 Å². The number of allylic oxidation sites excluding steroid dienone is 3. The molecule has 1 amide bonds. The van der Waals surface area contributed by atoms with Gasteiger partial charge in [0, 0.05) is 57.6 Å². The van der Waals surface area contributed by atoms with E-state index in [-0.39, 0.29) is 62.6 Å². The number of carbonyl (C=O) groups excluding carboxylic acids is 5. The van der Waals surface area contributed by atoms with Gasteiger partial charge in [-0.2, -0.15) is 0 Å². The molecule has 0 unspecified atom stereocenters. The molecule has 15 heteroatoms. The van der Waals surface area contributed by atoms with Gasteiger partial charge in [-0.05, 0) is 95.5 Å². The van der Waals surface area contributed by atoms with Gasteiger partial charge in [0.25, 0.3) is 11.7 Å². The van der Waals surface area contributed by atoms with Gasteiger partial charge in [0.05, 0.1) is 31.5 Å². The van der Waals surface area contributed by atoms with Crippen molar-refractivity contribution in [1.82, 2.24) is 4.90 Å². The van der Waals surface area contributed by atoms with Crippen LogP contribution in [0.4, 0.5) is 0 Å². The molecule has 1 spiro atoms. The largest absolute Gasteiger partial charge is 0.467 e. The fourth-order valence-electron chi connectivity index (χ4n) is 9.89. The number of aliphatic hydroxyl groups is 2. The summed E-state index contributed by atoms with van der Waals surface area (Å²) in [5, 5.41) is 23.9. The summed E-state index contributed by atoms with van der Waals surface area (Å²) in [6.07, 6.45) is 5.90. The lowest BCUT2D eigenvalue weighted by Gasteiger charge is -2.48. The van der Waals surface area contributed by atoms with E-state index in [0.29, 0.717) is 44.1 Å². The Bertz CT molecular complexity index is 1650. The quantitative estimate of drug-likeness (QED) is 0.208. The van der Waals surface area contributed by atoms with E-state index in [1.807, 2.05) is 32.9 Å². The third kappa shape index (κ3) is 10.6. The van der Waals surface area contributed by atoms with Crippen molar-refractivity contribution in [3.05, 3.63) is 23.3 Å². The number of ketones is 2. The molecule has 1 aliphatic carbocycles. The SMILES string of the molecule is COC(=O)COC1CCC(/C=C(\C)[C@H]2OC(=O)[C@]34CCCCN3C(=O)C(=O)[C@]3(O)O[C@H]([C@@H](OC)C[C@@H](C)C/C(C)=C/[C@@H](C/C=N\4)C(=O)C[C@H](O)[C@H]2C)[C@@H](OC)C[C@H]3C)CC1. The number of cyclic esters (lactones) is 1. The molecule has 0 aromatic heterocycles. The van der Waals surface area contributed by atoms with E-state index >= 15 is 0 Å². The van der Waals surface area contributed by atoms with Gasteiger partial charge in [0.2, 0.25) is 11.4 Å². The van der Waals surface area contributed by atoms with Crippen LogP contribution < -0.4 is 0 Å². The van der Waals surface area contributed by atoms with Crippen LogP contribution in [0.2, 0.25) is 0 Å². The molecule has 2 N–H and O–H groups in total. The van der Waals surface area contributed by atoms with Crippen LogP contribution in [0.15, 0.2) is 28.3 Å². The number of Topliss-reactive ketones (excluding diaryl/α,β-unsaturated/α-hetero) is 2. The highest BCUT2D eigenvalue weighted by Crippen LogP contribution is 2.41. The molecule has 1 saturated carbocycles. The Kier molecular flexibility index (Phi) is 16.4. The molecule has 11 atom stereocenters. The maximum absolute atomic E-state index is 15.0. The predicted octanol–water partition coefficient (Wildman–Crippen LogP) is 4.44. The molecule has 4 aliphatic heterocycles. The minimum absolute atomic E-state index is 0.00151. The number of aliphatic hydroxyl groups excluding tert-OH is 1. The lowest BCUT2D eigenvalue weighted by Crippen LogP contribution is -2.67. The van der Waals surface area contributed by atoms with Gasteiger partial charge in [0.15, 0.2) is 0 Å². The lowest BCUT2D eigenvalue weighted by atomic mass is 9.82. The lowest BCUT2D eigenvalue weighted by molar-refractivity contribution is -0.302. The number of esters is 2. The van der Waals surface area contributed by atoms with Gasteiger partial charge < -0.3 is 43.5 Å². The van der Waals surface area contributed by atoms with Crippen LogP contribution in [-0.2, 0) is 52.4 Å². The number of nitrogens with zero attached hydrogens (tertiary/aromatic N) is 2. The molecule has 0 aromatic rings. The number of methoxy groups -OCH3 is 3. The van der Waals surface area contributed by atoms with Crippen molar-refractivity contribution in [3.8, 4) is 0 Å². The Labute approximate surface area is 354 Å². The maximum Gasteiger partial charge on any atom is 0.355 e. The molecular weight excluding hydrogens is 776 g/mol. The summed E-state index contributed by atoms with van der Waals surface area (Å²) in [6, 6.07) is 0. The Balaban J connectivity index is 1.58. The van der Waals surface area contributed by atoms with E-state index in [4.69, 9.17) is 33.4 Å². The first kappa shape index (κ1) is 47.7. The summed E-state index contributed by atoms with van der Waals surface area (Å²) < 4.78 is 34.9. The van der Waals surface area contributed by atoms with Crippen molar-refractivity contribution in [1.29, 1.82) is 0 Å². The molecule has 5 aliphatic rings. The van der Waals surface area contributed by atoms with Crippen LogP contribution in [0.3, 0.4) is 0 Å². The van der Waals surface area contributed by atoms with Gasteiger partial charge >= 0.3 is 11.9 Å². The van der Waals surface area contributed by atoms with E-state index in [1.54, 1.807) is 13.8 Å². The summed E-state index contributed by atoms with van der Waals surface area (Å²) in [6.45, 7) is 9.01. The van der Waals surface area contributed by atoms with Crippen LogP contribution >= 0.6 is 0 Å². The number of fused-ring (bicyclic) bond motifs is 4.